The molecular weight excluding hydrogens is 540 g/mol. The summed E-state index contributed by atoms with van der Waals surface area (Å²) in [6.45, 7) is 11.0. The van der Waals surface area contributed by atoms with E-state index in [0.717, 1.165) is 5.56 Å². The van der Waals surface area contributed by atoms with Crippen LogP contribution in [0.4, 0.5) is 0 Å². The smallest absolute Gasteiger partial charge is 0.348 e. The molecule has 1 aromatic carbocycles. The first-order valence-corrected chi connectivity index (χ1v) is 15.0. The molecule has 11 unspecified atom stereocenters. The molecule has 2 heterocycles. The lowest BCUT2D eigenvalue weighted by Crippen LogP contribution is -2.77. The number of carbonyl (C=O) groups is 3. The zero-order valence-corrected chi connectivity index (χ0v) is 25.1. The third-order valence-corrected chi connectivity index (χ3v) is 12.0. The lowest BCUT2D eigenvalue weighted by molar-refractivity contribution is -0.329. The summed E-state index contributed by atoms with van der Waals surface area (Å²) in [4.78, 5) is 40.3. The predicted molar refractivity (Wildman–Crippen MR) is 150 cm³/mol. The molecule has 228 valence electrons. The van der Waals surface area contributed by atoms with E-state index in [1.54, 1.807) is 27.7 Å². The van der Waals surface area contributed by atoms with E-state index in [-0.39, 0.29) is 25.4 Å². The van der Waals surface area contributed by atoms with Crippen molar-refractivity contribution in [2.75, 3.05) is 6.61 Å². The van der Waals surface area contributed by atoms with Crippen molar-refractivity contribution in [2.45, 2.75) is 102 Å². The van der Waals surface area contributed by atoms with Gasteiger partial charge in [0.2, 0.25) is 6.10 Å². The van der Waals surface area contributed by atoms with Crippen molar-refractivity contribution in [1.82, 2.24) is 0 Å². The molecule has 0 aromatic heterocycles. The summed E-state index contributed by atoms with van der Waals surface area (Å²) in [5, 5.41) is 36.5. The molecule has 1 aromatic rings. The van der Waals surface area contributed by atoms with Gasteiger partial charge >= 0.3 is 11.9 Å². The molecule has 9 nitrogen and oxygen atoms in total. The monoisotopic (exact) mass is 582 g/mol. The number of cyclic esters (lactones) is 1. The van der Waals surface area contributed by atoms with Crippen LogP contribution in [0.25, 0.3) is 0 Å². The van der Waals surface area contributed by atoms with Crippen molar-refractivity contribution >= 4 is 17.7 Å². The topological polar surface area (TPSA) is 140 Å². The normalized spacial score (nSPS) is 46.0. The van der Waals surface area contributed by atoms with E-state index >= 15 is 0 Å². The summed E-state index contributed by atoms with van der Waals surface area (Å²) >= 11 is 0. The van der Waals surface area contributed by atoms with Crippen LogP contribution in [-0.4, -0.2) is 75.3 Å². The molecule has 9 heteroatoms. The Labute approximate surface area is 246 Å². The molecule has 42 heavy (non-hydrogen) atoms. The SMILES string of the molecule is CC1=C2C(O)C(=O)C3(C)C(C)CC4OCC4(O)C3C(C)C(O)(CC1OC(=O)C1OC(=O)CC1c1ccccc1)C2(C)C. The summed E-state index contributed by atoms with van der Waals surface area (Å²) in [5.74, 6) is -3.74. The number of aliphatic hydroxyl groups excluding tert-OH is 1. The highest BCUT2D eigenvalue weighted by Gasteiger charge is 2.73. The number of esters is 2. The Bertz CT molecular complexity index is 1350. The second-order valence-corrected chi connectivity index (χ2v) is 14.2. The minimum atomic E-state index is -1.58. The van der Waals surface area contributed by atoms with Crippen molar-refractivity contribution in [3.8, 4) is 0 Å². The molecule has 5 aliphatic rings. The van der Waals surface area contributed by atoms with Gasteiger partial charge in [0, 0.05) is 29.1 Å². The Kier molecular flexibility index (Phi) is 6.64. The van der Waals surface area contributed by atoms with Crippen LogP contribution in [0.3, 0.4) is 0 Å². The molecular formula is C33H42O9. The van der Waals surface area contributed by atoms with Crippen LogP contribution in [-0.2, 0) is 28.6 Å². The molecule has 6 rings (SSSR count). The van der Waals surface area contributed by atoms with E-state index in [1.807, 2.05) is 44.2 Å². The highest BCUT2D eigenvalue weighted by Crippen LogP contribution is 2.65. The first-order valence-electron chi connectivity index (χ1n) is 15.0. The molecule has 3 N–H and O–H groups in total. The summed E-state index contributed by atoms with van der Waals surface area (Å²) in [6.07, 6.45) is -3.69. The molecule has 2 bridgehead atoms. The van der Waals surface area contributed by atoms with Crippen molar-refractivity contribution in [2.24, 2.45) is 28.6 Å². The van der Waals surface area contributed by atoms with Gasteiger partial charge < -0.3 is 29.5 Å². The summed E-state index contributed by atoms with van der Waals surface area (Å²) in [6, 6.07) is 9.16. The number of fused-ring (bicyclic) bond motifs is 5. The highest BCUT2D eigenvalue weighted by molar-refractivity contribution is 5.93. The molecule has 3 aliphatic carbocycles. The molecule has 2 aliphatic heterocycles. The summed E-state index contributed by atoms with van der Waals surface area (Å²) < 4.78 is 17.2. The van der Waals surface area contributed by atoms with Gasteiger partial charge in [0.15, 0.2) is 5.78 Å². The number of ether oxygens (including phenoxy) is 3. The Balaban J connectivity index is 1.41. The van der Waals surface area contributed by atoms with E-state index < -0.39 is 81.9 Å². The van der Waals surface area contributed by atoms with Crippen LogP contribution >= 0.6 is 0 Å². The third-order valence-electron chi connectivity index (χ3n) is 12.0. The van der Waals surface area contributed by atoms with Gasteiger partial charge in [-0.15, -0.1) is 0 Å². The van der Waals surface area contributed by atoms with Crippen molar-refractivity contribution < 1.29 is 43.9 Å². The van der Waals surface area contributed by atoms with Gasteiger partial charge in [0.05, 0.1) is 24.7 Å². The Morgan fingerprint density at radius 2 is 1.74 bits per heavy atom. The van der Waals surface area contributed by atoms with Gasteiger partial charge in [-0.2, -0.15) is 0 Å². The van der Waals surface area contributed by atoms with E-state index in [9.17, 15) is 29.7 Å². The van der Waals surface area contributed by atoms with Gasteiger partial charge in [0.1, 0.15) is 17.8 Å². The lowest BCUT2D eigenvalue weighted by Gasteiger charge is -2.68. The molecule has 2 saturated heterocycles. The number of benzene rings is 1. The fourth-order valence-corrected chi connectivity index (χ4v) is 9.38. The van der Waals surface area contributed by atoms with Gasteiger partial charge in [0.25, 0.3) is 0 Å². The Morgan fingerprint density at radius 1 is 1.07 bits per heavy atom. The van der Waals surface area contributed by atoms with Gasteiger partial charge in [-0.3, -0.25) is 9.59 Å². The fourth-order valence-electron chi connectivity index (χ4n) is 9.38. The van der Waals surface area contributed by atoms with E-state index in [2.05, 4.69) is 0 Å². The quantitative estimate of drug-likeness (QED) is 0.363. The number of carbonyl (C=O) groups excluding carboxylic acids is 3. The summed E-state index contributed by atoms with van der Waals surface area (Å²) in [5.41, 5.74) is -3.55. The summed E-state index contributed by atoms with van der Waals surface area (Å²) in [7, 11) is 0. The first-order chi connectivity index (χ1) is 19.6. The van der Waals surface area contributed by atoms with Crippen LogP contribution in [0.5, 0.6) is 0 Å². The predicted octanol–water partition coefficient (Wildman–Crippen LogP) is 2.85. The van der Waals surface area contributed by atoms with Crippen molar-refractivity contribution in [3.63, 3.8) is 0 Å². The van der Waals surface area contributed by atoms with Crippen molar-refractivity contribution in [3.05, 3.63) is 47.0 Å². The average Bonchev–Trinajstić information content (AvgIpc) is 3.34. The Hall–Kier alpha value is -2.59. The second-order valence-electron chi connectivity index (χ2n) is 14.2. The number of hydrogen-bond acceptors (Lipinski definition) is 9. The van der Waals surface area contributed by atoms with Crippen LogP contribution < -0.4 is 0 Å². The molecule has 11 atom stereocenters. The number of ketones is 1. The number of hydrogen-bond donors (Lipinski definition) is 3. The van der Waals surface area contributed by atoms with Crippen LogP contribution in [0.2, 0.25) is 0 Å². The zero-order chi connectivity index (χ0) is 30.6. The zero-order valence-electron chi connectivity index (χ0n) is 25.1. The number of Topliss-reactive ketones (excluding diaryl/α,β-unsaturated/α-hetero) is 1. The van der Waals surface area contributed by atoms with Crippen molar-refractivity contribution in [1.29, 1.82) is 0 Å². The van der Waals surface area contributed by atoms with E-state index in [1.165, 1.54) is 0 Å². The lowest BCUT2D eigenvalue weighted by atomic mass is 9.41. The standard InChI is InChI=1S/C33H42O9/c1-16-12-22-32(38,15-40-22)27-18(3)33(39)14-21(17(2)24(30(33,4)5)25(35)28(36)31(16,27)6)41-29(37)26-20(13-23(34)42-26)19-10-8-7-9-11-19/h7-11,16,18,20-22,25-27,35,38-39H,12-15H2,1-6H3. The average molecular weight is 583 g/mol. The fraction of sp³-hybridized carbons (Fsp3) is 0.667. The van der Waals surface area contributed by atoms with E-state index in [0.29, 0.717) is 17.6 Å². The van der Waals surface area contributed by atoms with Crippen LogP contribution in [0.15, 0.2) is 41.5 Å². The maximum absolute atomic E-state index is 14.4. The van der Waals surface area contributed by atoms with Gasteiger partial charge in [-0.05, 0) is 41.9 Å². The van der Waals surface area contributed by atoms with Gasteiger partial charge in [-0.25, -0.2) is 4.79 Å². The largest absolute Gasteiger partial charge is 0.455 e. The minimum Gasteiger partial charge on any atom is -0.455 e. The van der Waals surface area contributed by atoms with Crippen LogP contribution in [0, 0.1) is 28.6 Å². The molecule has 2 saturated carbocycles. The molecule has 0 radical (unpaired) electrons. The molecule has 4 fully saturated rings. The minimum absolute atomic E-state index is 0.0115. The molecule has 0 spiro atoms. The Morgan fingerprint density at radius 3 is 2.36 bits per heavy atom. The second kappa shape index (κ2) is 9.45. The third kappa shape index (κ3) is 3.72. The van der Waals surface area contributed by atoms with Crippen LogP contribution in [0.1, 0.15) is 72.3 Å². The number of aliphatic hydroxyl groups is 3. The maximum atomic E-state index is 14.4. The van der Waals surface area contributed by atoms with Gasteiger partial charge in [-0.1, -0.05) is 65.0 Å². The molecule has 0 amide bonds. The maximum Gasteiger partial charge on any atom is 0.348 e. The highest BCUT2D eigenvalue weighted by atomic mass is 16.6. The van der Waals surface area contributed by atoms with E-state index in [4.69, 9.17) is 14.2 Å². The number of rotatable bonds is 3. The first kappa shape index (κ1) is 29.5.